The second-order valence-corrected chi connectivity index (χ2v) is 14.6. The predicted molar refractivity (Wildman–Crippen MR) is 159 cm³/mol. The Labute approximate surface area is 243 Å². The van der Waals surface area contributed by atoms with Crippen LogP contribution in [-0.4, -0.2) is 92.7 Å². The van der Waals surface area contributed by atoms with Crippen LogP contribution in [0.4, 0.5) is 0 Å². The first kappa shape index (κ1) is 33.0. The molecule has 0 aromatic heterocycles. The molecular weight excluding hydrogens is 573 g/mol. The zero-order valence-corrected chi connectivity index (χ0v) is 25.7. The first-order valence-corrected chi connectivity index (χ1v) is 18.1. The molecule has 2 heterocycles. The molecule has 1 aliphatic carbocycles. The summed E-state index contributed by atoms with van der Waals surface area (Å²) in [7, 11) is -7.33. The highest BCUT2D eigenvalue weighted by molar-refractivity contribution is 7.99. The van der Waals surface area contributed by atoms with Gasteiger partial charge in [-0.25, -0.2) is 0 Å². The van der Waals surface area contributed by atoms with E-state index in [0.717, 1.165) is 51.5 Å². The maximum absolute atomic E-state index is 9.19. The molecule has 3 N–H and O–H groups in total. The molecule has 1 saturated heterocycles. The molecule has 9 nitrogen and oxygen atoms in total. The number of fused-ring (bicyclic) bond motifs is 2. The Hall–Kier alpha value is -1.51. The first-order valence-electron chi connectivity index (χ1n) is 13.6. The standard InChI is InChI=1S/C26H34N2OS.2CH4O3S/c29-17-5-12-27-13-15-28(16-14-27)24-19-22-8-3-4-9-25(22)30-26-11-10-21(18-23(24)26)20-6-1-2-7-20;2*1-5(2,3)4/h3-4,8-11,18,20,24,29H,1-2,5-7,12-17,19H2;2*1H3,(H,2,3,4). The van der Waals surface area contributed by atoms with Gasteiger partial charge in [0.15, 0.2) is 0 Å². The van der Waals surface area contributed by atoms with Crippen LogP contribution in [0.5, 0.6) is 0 Å². The molecule has 2 fully saturated rings. The maximum atomic E-state index is 9.19. The van der Waals surface area contributed by atoms with Crippen LogP contribution in [-0.2, 0) is 26.7 Å². The minimum atomic E-state index is -3.67. The Kier molecular flexibility index (Phi) is 12.5. The van der Waals surface area contributed by atoms with Gasteiger partial charge in [0, 0.05) is 55.2 Å². The van der Waals surface area contributed by atoms with Gasteiger partial charge in [-0.3, -0.25) is 14.0 Å². The molecule has 12 heteroatoms. The summed E-state index contributed by atoms with van der Waals surface area (Å²) in [6.07, 6.45) is 8.94. The maximum Gasteiger partial charge on any atom is 0.261 e. The van der Waals surface area contributed by atoms with Crippen molar-refractivity contribution >= 4 is 32.0 Å². The van der Waals surface area contributed by atoms with Crippen LogP contribution in [0.3, 0.4) is 0 Å². The van der Waals surface area contributed by atoms with Crippen molar-refractivity contribution in [1.82, 2.24) is 9.80 Å². The number of benzene rings is 2. The molecule has 0 spiro atoms. The molecular formula is C28H42N2O7S3. The monoisotopic (exact) mass is 614 g/mol. The normalized spacial score (nSPS) is 20.3. The van der Waals surface area contributed by atoms with Crippen molar-refractivity contribution in [3.8, 4) is 0 Å². The van der Waals surface area contributed by atoms with Crippen molar-refractivity contribution < 1.29 is 31.0 Å². The molecule has 0 amide bonds. The number of rotatable bonds is 5. The van der Waals surface area contributed by atoms with Gasteiger partial charge in [-0.05, 0) is 60.4 Å². The molecule has 3 aliphatic rings. The highest BCUT2D eigenvalue weighted by Gasteiger charge is 2.31. The third kappa shape index (κ3) is 11.4. The molecule has 2 aliphatic heterocycles. The lowest BCUT2D eigenvalue weighted by atomic mass is 9.91. The zero-order valence-electron chi connectivity index (χ0n) is 23.3. The topological polar surface area (TPSA) is 135 Å². The number of hydrogen-bond acceptors (Lipinski definition) is 8. The smallest absolute Gasteiger partial charge is 0.261 e. The van der Waals surface area contributed by atoms with E-state index in [-0.39, 0.29) is 0 Å². The fourth-order valence-electron chi connectivity index (χ4n) is 5.56. The van der Waals surface area contributed by atoms with Crippen molar-refractivity contribution in [2.24, 2.45) is 0 Å². The summed E-state index contributed by atoms with van der Waals surface area (Å²) in [6.45, 7) is 5.79. The minimum absolute atomic E-state index is 0.300. The van der Waals surface area contributed by atoms with E-state index in [1.807, 2.05) is 11.8 Å². The van der Waals surface area contributed by atoms with E-state index >= 15 is 0 Å². The quantitative estimate of drug-likeness (QED) is 0.423. The van der Waals surface area contributed by atoms with Gasteiger partial charge in [0.1, 0.15) is 0 Å². The lowest BCUT2D eigenvalue weighted by molar-refractivity contribution is 0.0899. The van der Waals surface area contributed by atoms with E-state index in [1.54, 1.807) is 11.1 Å². The van der Waals surface area contributed by atoms with Gasteiger partial charge in [-0.1, -0.05) is 54.9 Å². The SMILES string of the molecule is CS(=O)(=O)O.CS(=O)(=O)O.OCCCN1CCN(C2Cc3ccccc3Sc3ccc(C4CCCC4)cc32)CC1. The fourth-order valence-corrected chi connectivity index (χ4v) is 6.68. The molecule has 1 atom stereocenters. The molecule has 1 saturated carbocycles. The fraction of sp³-hybridized carbons (Fsp3) is 0.571. The van der Waals surface area contributed by atoms with Gasteiger partial charge >= 0.3 is 0 Å². The number of aliphatic hydroxyl groups excluding tert-OH is 1. The lowest BCUT2D eigenvalue weighted by Gasteiger charge is -2.40. The highest BCUT2D eigenvalue weighted by atomic mass is 32.2. The average molecular weight is 615 g/mol. The van der Waals surface area contributed by atoms with Gasteiger partial charge in [0.05, 0.1) is 12.5 Å². The first-order chi connectivity index (χ1) is 18.8. The molecule has 5 rings (SSSR count). The molecule has 1 unspecified atom stereocenters. The Bertz CT molecular complexity index is 1260. The van der Waals surface area contributed by atoms with E-state index in [1.165, 1.54) is 41.0 Å². The Balaban J connectivity index is 0.000000381. The average Bonchev–Trinajstić information content (AvgIpc) is 3.35. The van der Waals surface area contributed by atoms with Crippen LogP contribution in [0, 0.1) is 0 Å². The molecule has 2 aromatic carbocycles. The number of aliphatic hydroxyl groups is 1. The van der Waals surface area contributed by atoms with Crippen molar-refractivity contribution in [2.75, 3.05) is 51.8 Å². The Morgan fingerprint density at radius 2 is 1.48 bits per heavy atom. The minimum Gasteiger partial charge on any atom is -0.396 e. The van der Waals surface area contributed by atoms with Gasteiger partial charge in [-0.15, -0.1) is 0 Å². The summed E-state index contributed by atoms with van der Waals surface area (Å²) in [4.78, 5) is 8.13. The molecule has 0 bridgehead atoms. The highest BCUT2D eigenvalue weighted by Crippen LogP contribution is 2.45. The molecule has 2 aromatic rings. The van der Waals surface area contributed by atoms with E-state index in [4.69, 9.17) is 14.2 Å². The molecule has 0 radical (unpaired) electrons. The van der Waals surface area contributed by atoms with Crippen LogP contribution >= 0.6 is 11.8 Å². The van der Waals surface area contributed by atoms with E-state index in [9.17, 15) is 16.8 Å². The Morgan fingerprint density at radius 1 is 0.875 bits per heavy atom. The van der Waals surface area contributed by atoms with Gasteiger partial charge in [0.2, 0.25) is 0 Å². The van der Waals surface area contributed by atoms with Crippen LogP contribution in [0.1, 0.15) is 60.8 Å². The van der Waals surface area contributed by atoms with Crippen LogP contribution in [0.25, 0.3) is 0 Å². The summed E-state index contributed by atoms with van der Waals surface area (Å²) in [5.41, 5.74) is 4.63. The van der Waals surface area contributed by atoms with Gasteiger partial charge < -0.3 is 10.0 Å². The zero-order chi connectivity index (χ0) is 29.3. The summed E-state index contributed by atoms with van der Waals surface area (Å²) in [6, 6.07) is 16.9. The van der Waals surface area contributed by atoms with Crippen LogP contribution in [0.15, 0.2) is 52.3 Å². The summed E-state index contributed by atoms with van der Waals surface area (Å²) in [5, 5.41) is 9.16. The molecule has 40 heavy (non-hydrogen) atoms. The van der Waals surface area contributed by atoms with Crippen LogP contribution in [0.2, 0.25) is 0 Å². The van der Waals surface area contributed by atoms with E-state index < -0.39 is 20.2 Å². The van der Waals surface area contributed by atoms with Gasteiger partial charge in [0.25, 0.3) is 20.2 Å². The predicted octanol–water partition coefficient (Wildman–Crippen LogP) is 4.10. The lowest BCUT2D eigenvalue weighted by Crippen LogP contribution is -2.48. The second-order valence-electron chi connectivity index (χ2n) is 10.6. The van der Waals surface area contributed by atoms with Crippen molar-refractivity contribution in [3.63, 3.8) is 0 Å². The Morgan fingerprint density at radius 3 is 2.08 bits per heavy atom. The molecule has 224 valence electrons. The third-order valence-corrected chi connectivity index (χ3v) is 8.52. The summed E-state index contributed by atoms with van der Waals surface area (Å²) < 4.78 is 51.7. The van der Waals surface area contributed by atoms with Crippen molar-refractivity contribution in [3.05, 3.63) is 59.2 Å². The number of nitrogens with zero attached hydrogens (tertiary/aromatic N) is 2. The van der Waals surface area contributed by atoms with Gasteiger partial charge in [-0.2, -0.15) is 16.8 Å². The van der Waals surface area contributed by atoms with Crippen molar-refractivity contribution in [2.45, 2.75) is 60.3 Å². The van der Waals surface area contributed by atoms with E-state index in [0.29, 0.717) is 25.2 Å². The number of hydrogen-bond donors (Lipinski definition) is 3. The second kappa shape index (κ2) is 15.1. The van der Waals surface area contributed by atoms with Crippen molar-refractivity contribution in [1.29, 1.82) is 0 Å². The third-order valence-electron chi connectivity index (χ3n) is 7.31. The largest absolute Gasteiger partial charge is 0.396 e. The number of piperazine rings is 1. The van der Waals surface area contributed by atoms with E-state index in [2.05, 4.69) is 52.3 Å². The summed E-state index contributed by atoms with van der Waals surface area (Å²) in [5.74, 6) is 0.766. The van der Waals surface area contributed by atoms with Crippen LogP contribution < -0.4 is 0 Å². The summed E-state index contributed by atoms with van der Waals surface area (Å²) >= 11 is 1.97.